The number of benzene rings is 1. The second-order valence-electron chi connectivity index (χ2n) is 5.03. The molecule has 1 aliphatic heterocycles. The van der Waals surface area contributed by atoms with Crippen LogP contribution in [0.4, 0.5) is 5.69 Å². The molecule has 1 aromatic carbocycles. The number of rotatable bonds is 5. The molecule has 1 aliphatic rings. The minimum absolute atomic E-state index is 0.703. The van der Waals surface area contributed by atoms with Gasteiger partial charge in [-0.1, -0.05) is 19.1 Å². The molecule has 0 radical (unpaired) electrons. The van der Waals surface area contributed by atoms with Crippen LogP contribution in [0.5, 0.6) is 0 Å². The highest BCUT2D eigenvalue weighted by molar-refractivity contribution is 5.50. The highest BCUT2D eigenvalue weighted by atomic mass is 15.2. The monoisotopic (exact) mass is 232 g/mol. The van der Waals surface area contributed by atoms with Gasteiger partial charge >= 0.3 is 0 Å². The van der Waals surface area contributed by atoms with Gasteiger partial charge in [-0.15, -0.1) is 0 Å². The van der Waals surface area contributed by atoms with E-state index in [2.05, 4.69) is 48.3 Å². The van der Waals surface area contributed by atoms with Gasteiger partial charge < -0.3 is 10.2 Å². The molecule has 1 N–H and O–H groups in total. The lowest BCUT2D eigenvalue weighted by Gasteiger charge is -2.24. The zero-order valence-corrected chi connectivity index (χ0v) is 11.1. The maximum Gasteiger partial charge on any atom is 0.0371 e. The first kappa shape index (κ1) is 12.4. The van der Waals surface area contributed by atoms with Gasteiger partial charge in [0.25, 0.3) is 0 Å². The van der Waals surface area contributed by atoms with Crippen LogP contribution in [-0.2, 0) is 6.54 Å². The van der Waals surface area contributed by atoms with E-state index in [1.165, 1.54) is 37.1 Å². The van der Waals surface area contributed by atoms with E-state index in [9.17, 15) is 0 Å². The zero-order chi connectivity index (χ0) is 12.1. The lowest BCUT2D eigenvalue weighted by atomic mass is 10.1. The van der Waals surface area contributed by atoms with Crippen LogP contribution < -0.4 is 10.2 Å². The van der Waals surface area contributed by atoms with E-state index in [-0.39, 0.29) is 0 Å². The van der Waals surface area contributed by atoms with Crippen LogP contribution in [0, 0.1) is 0 Å². The summed E-state index contributed by atoms with van der Waals surface area (Å²) in [5.41, 5.74) is 2.79. The molecule has 0 aromatic heterocycles. The summed E-state index contributed by atoms with van der Waals surface area (Å²) in [5, 5.41) is 3.46. The second-order valence-corrected chi connectivity index (χ2v) is 5.03. The van der Waals surface area contributed by atoms with Crippen molar-refractivity contribution in [3.8, 4) is 0 Å². The standard InChI is InChI=1S/C15H24N2/c1-3-9-16-12-14-7-4-8-15(11-14)17-10-5-6-13(17)2/h4,7-8,11,13,16H,3,5-6,9-10,12H2,1-2H3. The van der Waals surface area contributed by atoms with E-state index in [1.807, 2.05) is 0 Å². The maximum atomic E-state index is 3.46. The first-order valence-electron chi connectivity index (χ1n) is 6.87. The predicted molar refractivity (Wildman–Crippen MR) is 74.5 cm³/mol. The molecular weight excluding hydrogens is 208 g/mol. The van der Waals surface area contributed by atoms with Crippen LogP contribution in [0.15, 0.2) is 24.3 Å². The van der Waals surface area contributed by atoms with Crippen molar-refractivity contribution in [2.45, 2.75) is 45.7 Å². The van der Waals surface area contributed by atoms with Crippen LogP contribution in [0.25, 0.3) is 0 Å². The van der Waals surface area contributed by atoms with Gasteiger partial charge in [0.05, 0.1) is 0 Å². The topological polar surface area (TPSA) is 15.3 Å². The first-order chi connectivity index (χ1) is 8.31. The molecule has 0 bridgehead atoms. The summed E-state index contributed by atoms with van der Waals surface area (Å²) in [5.74, 6) is 0. The Labute approximate surface area is 105 Å². The Hall–Kier alpha value is -1.02. The normalized spacial score (nSPS) is 19.9. The predicted octanol–water partition coefficient (Wildman–Crippen LogP) is 3.17. The van der Waals surface area contributed by atoms with Crippen LogP contribution in [0.1, 0.15) is 38.7 Å². The van der Waals surface area contributed by atoms with Gasteiger partial charge in [0.2, 0.25) is 0 Å². The number of hydrogen-bond donors (Lipinski definition) is 1. The Morgan fingerprint density at radius 2 is 2.29 bits per heavy atom. The van der Waals surface area contributed by atoms with E-state index in [4.69, 9.17) is 0 Å². The fourth-order valence-corrected chi connectivity index (χ4v) is 2.57. The molecule has 1 unspecified atom stereocenters. The minimum atomic E-state index is 0.703. The van der Waals surface area contributed by atoms with E-state index in [0.29, 0.717) is 6.04 Å². The Morgan fingerprint density at radius 3 is 3.00 bits per heavy atom. The Kier molecular flexibility index (Phi) is 4.43. The molecule has 0 spiro atoms. The number of nitrogens with one attached hydrogen (secondary N) is 1. The minimum Gasteiger partial charge on any atom is -0.369 e. The molecule has 1 heterocycles. The molecule has 2 heteroatoms. The molecule has 2 nitrogen and oxygen atoms in total. The molecule has 1 saturated heterocycles. The van der Waals surface area contributed by atoms with Crippen molar-refractivity contribution < 1.29 is 0 Å². The molecule has 0 amide bonds. The summed E-state index contributed by atoms with van der Waals surface area (Å²) in [6.07, 6.45) is 3.86. The van der Waals surface area contributed by atoms with Crippen LogP contribution >= 0.6 is 0 Å². The smallest absolute Gasteiger partial charge is 0.0371 e. The van der Waals surface area contributed by atoms with Gasteiger partial charge in [-0.05, 0) is 50.4 Å². The van der Waals surface area contributed by atoms with Crippen molar-refractivity contribution in [1.82, 2.24) is 5.32 Å². The summed E-state index contributed by atoms with van der Waals surface area (Å²) in [6, 6.07) is 9.68. The molecule has 0 saturated carbocycles. The number of anilines is 1. The summed E-state index contributed by atoms with van der Waals surface area (Å²) < 4.78 is 0. The van der Waals surface area contributed by atoms with Crippen molar-refractivity contribution in [3.05, 3.63) is 29.8 Å². The van der Waals surface area contributed by atoms with Crippen LogP contribution in [0.3, 0.4) is 0 Å². The van der Waals surface area contributed by atoms with Crippen molar-refractivity contribution in [3.63, 3.8) is 0 Å². The molecule has 1 aromatic rings. The lowest BCUT2D eigenvalue weighted by Crippen LogP contribution is -2.26. The molecule has 1 fully saturated rings. The zero-order valence-electron chi connectivity index (χ0n) is 11.1. The average Bonchev–Trinajstić information content (AvgIpc) is 2.76. The Morgan fingerprint density at radius 1 is 1.41 bits per heavy atom. The third-order valence-corrected chi connectivity index (χ3v) is 3.55. The fourth-order valence-electron chi connectivity index (χ4n) is 2.57. The SMILES string of the molecule is CCCNCc1cccc(N2CCCC2C)c1. The van der Waals surface area contributed by atoms with Crippen molar-refractivity contribution >= 4 is 5.69 Å². The molecule has 94 valence electrons. The van der Waals surface area contributed by atoms with Crippen molar-refractivity contribution in [2.75, 3.05) is 18.0 Å². The van der Waals surface area contributed by atoms with Crippen LogP contribution in [-0.4, -0.2) is 19.1 Å². The summed E-state index contributed by atoms with van der Waals surface area (Å²) in [4.78, 5) is 2.53. The second kappa shape index (κ2) is 6.06. The summed E-state index contributed by atoms with van der Waals surface area (Å²) in [7, 11) is 0. The van der Waals surface area contributed by atoms with Crippen molar-refractivity contribution in [2.24, 2.45) is 0 Å². The van der Waals surface area contributed by atoms with Gasteiger partial charge in [0, 0.05) is 24.8 Å². The van der Waals surface area contributed by atoms with E-state index < -0.39 is 0 Å². The van der Waals surface area contributed by atoms with Crippen LogP contribution in [0.2, 0.25) is 0 Å². The fraction of sp³-hybridized carbons (Fsp3) is 0.600. The Balaban J connectivity index is 2.00. The average molecular weight is 232 g/mol. The van der Waals surface area contributed by atoms with Gasteiger partial charge in [-0.2, -0.15) is 0 Å². The van der Waals surface area contributed by atoms with Gasteiger partial charge in [0.1, 0.15) is 0 Å². The summed E-state index contributed by atoms with van der Waals surface area (Å²) in [6.45, 7) is 7.84. The van der Waals surface area contributed by atoms with Gasteiger partial charge in [0.15, 0.2) is 0 Å². The number of hydrogen-bond acceptors (Lipinski definition) is 2. The van der Waals surface area contributed by atoms with Gasteiger partial charge in [-0.3, -0.25) is 0 Å². The summed E-state index contributed by atoms with van der Waals surface area (Å²) >= 11 is 0. The third kappa shape index (κ3) is 3.22. The first-order valence-corrected chi connectivity index (χ1v) is 6.87. The quantitative estimate of drug-likeness (QED) is 0.784. The van der Waals surface area contributed by atoms with E-state index >= 15 is 0 Å². The molecule has 17 heavy (non-hydrogen) atoms. The maximum absolute atomic E-state index is 3.46. The Bertz CT molecular complexity index is 349. The highest BCUT2D eigenvalue weighted by Gasteiger charge is 2.20. The van der Waals surface area contributed by atoms with Crippen molar-refractivity contribution in [1.29, 1.82) is 0 Å². The number of nitrogens with zero attached hydrogens (tertiary/aromatic N) is 1. The third-order valence-electron chi connectivity index (χ3n) is 3.55. The van der Waals surface area contributed by atoms with E-state index in [1.54, 1.807) is 0 Å². The van der Waals surface area contributed by atoms with Gasteiger partial charge in [-0.25, -0.2) is 0 Å². The molecule has 2 rings (SSSR count). The lowest BCUT2D eigenvalue weighted by molar-refractivity contribution is 0.674. The largest absolute Gasteiger partial charge is 0.369 e. The molecule has 1 atom stereocenters. The van der Waals surface area contributed by atoms with E-state index in [0.717, 1.165) is 13.1 Å². The molecule has 0 aliphatic carbocycles. The highest BCUT2D eigenvalue weighted by Crippen LogP contribution is 2.25. The molecular formula is C15H24N2.